The van der Waals surface area contributed by atoms with Crippen LogP contribution in [-0.2, 0) is 11.3 Å². The largest absolute Gasteiger partial charge is 0.480 e. The number of rotatable bonds is 3. The minimum absolute atomic E-state index is 0.427. The lowest BCUT2D eigenvalue weighted by atomic mass is 10.1. The molecule has 20 heavy (non-hydrogen) atoms. The first kappa shape index (κ1) is 12.2. The molecule has 0 aliphatic carbocycles. The molecule has 0 aliphatic rings. The van der Waals surface area contributed by atoms with Crippen LogP contribution in [0.4, 0.5) is 0 Å². The van der Waals surface area contributed by atoms with Crippen LogP contribution in [0, 0.1) is 0 Å². The molecule has 0 fully saturated rings. The minimum atomic E-state index is -1.10. The number of hydrogen-bond donors (Lipinski definition) is 1. The molecule has 100 valence electrons. The van der Waals surface area contributed by atoms with E-state index in [9.17, 15) is 9.59 Å². The third kappa shape index (κ3) is 2.07. The van der Waals surface area contributed by atoms with E-state index in [-0.39, 0.29) is 0 Å². The van der Waals surface area contributed by atoms with Crippen molar-refractivity contribution in [2.75, 3.05) is 0 Å². The number of aliphatic carboxylic acids is 1. The first-order valence-corrected chi connectivity index (χ1v) is 6.01. The Hall–Kier alpha value is -2.89. The number of carboxylic acid groups (broad SMARTS) is 1. The quantitative estimate of drug-likeness (QED) is 0.776. The monoisotopic (exact) mass is 269 g/mol. The SMILES string of the molecule is O=C(O)Cn1nc2ccc(-c3ccccc3)cn2c1=O. The van der Waals surface area contributed by atoms with E-state index < -0.39 is 18.2 Å². The molecule has 2 aromatic heterocycles. The van der Waals surface area contributed by atoms with Crippen molar-refractivity contribution in [3.05, 3.63) is 59.1 Å². The van der Waals surface area contributed by atoms with Gasteiger partial charge in [0, 0.05) is 6.20 Å². The van der Waals surface area contributed by atoms with E-state index >= 15 is 0 Å². The van der Waals surface area contributed by atoms with Gasteiger partial charge in [0.25, 0.3) is 0 Å². The molecule has 3 rings (SSSR count). The first-order chi connectivity index (χ1) is 9.65. The first-order valence-electron chi connectivity index (χ1n) is 6.01. The van der Waals surface area contributed by atoms with Gasteiger partial charge < -0.3 is 5.11 Å². The summed E-state index contributed by atoms with van der Waals surface area (Å²) in [6.07, 6.45) is 1.67. The molecule has 0 spiro atoms. The van der Waals surface area contributed by atoms with Crippen LogP contribution in [0.5, 0.6) is 0 Å². The second kappa shape index (κ2) is 4.65. The molecular weight excluding hydrogens is 258 g/mol. The molecule has 0 amide bonds. The predicted molar refractivity (Wildman–Crippen MR) is 72.5 cm³/mol. The molecule has 6 nitrogen and oxygen atoms in total. The smallest absolute Gasteiger partial charge is 0.350 e. The van der Waals surface area contributed by atoms with Gasteiger partial charge >= 0.3 is 11.7 Å². The average Bonchev–Trinajstić information content (AvgIpc) is 2.75. The number of aromatic nitrogens is 3. The third-order valence-corrected chi connectivity index (χ3v) is 2.97. The molecule has 0 unspecified atom stereocenters. The molecule has 0 aliphatic heterocycles. The molecule has 0 atom stereocenters. The van der Waals surface area contributed by atoms with E-state index in [2.05, 4.69) is 5.10 Å². The highest BCUT2D eigenvalue weighted by atomic mass is 16.4. The summed E-state index contributed by atoms with van der Waals surface area (Å²) in [6.45, 7) is -0.443. The van der Waals surface area contributed by atoms with Gasteiger partial charge in [-0.2, -0.15) is 0 Å². The number of nitrogens with zero attached hydrogens (tertiary/aromatic N) is 3. The Labute approximate surface area is 113 Å². The van der Waals surface area contributed by atoms with Crippen molar-refractivity contribution in [1.82, 2.24) is 14.2 Å². The Balaban J connectivity index is 2.14. The molecule has 0 saturated heterocycles. The predicted octanol–water partition coefficient (Wildman–Crippen LogP) is 1.25. The van der Waals surface area contributed by atoms with Crippen molar-refractivity contribution in [3.63, 3.8) is 0 Å². The zero-order valence-electron chi connectivity index (χ0n) is 10.4. The van der Waals surface area contributed by atoms with Crippen LogP contribution in [0.25, 0.3) is 16.8 Å². The average molecular weight is 269 g/mol. The Morgan fingerprint density at radius 2 is 1.85 bits per heavy atom. The van der Waals surface area contributed by atoms with Gasteiger partial charge in [-0.15, -0.1) is 5.10 Å². The maximum absolute atomic E-state index is 12.0. The number of benzene rings is 1. The molecule has 0 bridgehead atoms. The lowest BCUT2D eigenvalue weighted by Crippen LogP contribution is -2.24. The van der Waals surface area contributed by atoms with Crippen molar-refractivity contribution < 1.29 is 9.90 Å². The fraction of sp³-hybridized carbons (Fsp3) is 0.0714. The summed E-state index contributed by atoms with van der Waals surface area (Å²) in [5.41, 5.74) is 1.82. The van der Waals surface area contributed by atoms with Gasteiger partial charge in [-0.05, 0) is 23.3 Å². The van der Waals surface area contributed by atoms with Gasteiger partial charge in [0.2, 0.25) is 0 Å². The number of fused-ring (bicyclic) bond motifs is 1. The Morgan fingerprint density at radius 3 is 2.55 bits per heavy atom. The number of pyridine rings is 1. The van der Waals surface area contributed by atoms with E-state index in [1.54, 1.807) is 12.3 Å². The molecule has 6 heteroatoms. The van der Waals surface area contributed by atoms with Gasteiger partial charge in [-0.25, -0.2) is 13.9 Å². The van der Waals surface area contributed by atoms with Gasteiger partial charge in [-0.3, -0.25) is 4.79 Å². The highest BCUT2D eigenvalue weighted by Crippen LogP contribution is 2.18. The van der Waals surface area contributed by atoms with Crippen molar-refractivity contribution in [2.24, 2.45) is 0 Å². The van der Waals surface area contributed by atoms with Crippen molar-refractivity contribution >= 4 is 11.6 Å². The number of carbonyl (C=O) groups is 1. The van der Waals surface area contributed by atoms with Crippen molar-refractivity contribution in [3.8, 4) is 11.1 Å². The van der Waals surface area contributed by atoms with E-state index in [0.29, 0.717) is 5.65 Å². The van der Waals surface area contributed by atoms with Gasteiger partial charge in [0.05, 0.1) is 0 Å². The zero-order valence-corrected chi connectivity index (χ0v) is 10.4. The maximum Gasteiger partial charge on any atom is 0.350 e. The highest BCUT2D eigenvalue weighted by molar-refractivity contribution is 5.67. The molecule has 1 aromatic carbocycles. The lowest BCUT2D eigenvalue weighted by Gasteiger charge is -2.00. The van der Waals surface area contributed by atoms with E-state index in [0.717, 1.165) is 15.8 Å². The second-order valence-electron chi connectivity index (χ2n) is 4.35. The lowest BCUT2D eigenvalue weighted by molar-refractivity contribution is -0.137. The summed E-state index contributed by atoms with van der Waals surface area (Å²) in [5, 5.41) is 12.7. The van der Waals surface area contributed by atoms with Gasteiger partial charge in [0.15, 0.2) is 5.65 Å². The summed E-state index contributed by atoms with van der Waals surface area (Å²) < 4.78 is 2.29. The Kier molecular flexibility index (Phi) is 2.83. The molecule has 0 radical (unpaired) electrons. The number of hydrogen-bond acceptors (Lipinski definition) is 3. The van der Waals surface area contributed by atoms with Crippen LogP contribution < -0.4 is 5.69 Å². The van der Waals surface area contributed by atoms with E-state index in [1.165, 1.54) is 4.40 Å². The fourth-order valence-electron chi connectivity index (χ4n) is 2.05. The molecule has 1 N–H and O–H groups in total. The van der Waals surface area contributed by atoms with Gasteiger partial charge in [-0.1, -0.05) is 30.3 Å². The van der Waals surface area contributed by atoms with Crippen molar-refractivity contribution in [2.45, 2.75) is 6.54 Å². The standard InChI is InChI=1S/C14H11N3O3/c18-13(19)9-17-14(20)16-8-11(6-7-12(16)15-17)10-4-2-1-3-5-10/h1-8H,9H2,(H,18,19). The molecule has 3 aromatic rings. The topological polar surface area (TPSA) is 76.6 Å². The van der Waals surface area contributed by atoms with E-state index in [4.69, 9.17) is 5.11 Å². The molecule has 2 heterocycles. The second-order valence-corrected chi connectivity index (χ2v) is 4.35. The van der Waals surface area contributed by atoms with Crippen LogP contribution in [0.3, 0.4) is 0 Å². The maximum atomic E-state index is 12.0. The molecule has 0 saturated carbocycles. The fourth-order valence-corrected chi connectivity index (χ4v) is 2.05. The third-order valence-electron chi connectivity index (χ3n) is 2.97. The summed E-state index contributed by atoms with van der Waals surface area (Å²) in [7, 11) is 0. The zero-order chi connectivity index (χ0) is 14.1. The van der Waals surface area contributed by atoms with Gasteiger partial charge in [0.1, 0.15) is 6.54 Å². The summed E-state index contributed by atoms with van der Waals surface area (Å²) in [6, 6.07) is 13.2. The van der Waals surface area contributed by atoms with Crippen LogP contribution in [0.2, 0.25) is 0 Å². The Bertz CT molecular complexity index is 834. The van der Waals surface area contributed by atoms with Crippen molar-refractivity contribution in [1.29, 1.82) is 0 Å². The molecular formula is C14H11N3O3. The Morgan fingerprint density at radius 1 is 1.10 bits per heavy atom. The van der Waals surface area contributed by atoms with Crippen LogP contribution in [0.15, 0.2) is 53.5 Å². The van der Waals surface area contributed by atoms with Crippen LogP contribution >= 0.6 is 0 Å². The number of carboxylic acids is 1. The minimum Gasteiger partial charge on any atom is -0.480 e. The summed E-state index contributed by atoms with van der Waals surface area (Å²) >= 11 is 0. The summed E-state index contributed by atoms with van der Waals surface area (Å²) in [5.74, 6) is -1.10. The summed E-state index contributed by atoms with van der Waals surface area (Å²) in [4.78, 5) is 22.7. The van der Waals surface area contributed by atoms with E-state index in [1.807, 2.05) is 36.4 Å². The van der Waals surface area contributed by atoms with Crippen LogP contribution in [-0.4, -0.2) is 25.3 Å². The normalized spacial score (nSPS) is 10.8. The highest BCUT2D eigenvalue weighted by Gasteiger charge is 2.10. The van der Waals surface area contributed by atoms with Crippen LogP contribution in [0.1, 0.15) is 0 Å².